The lowest BCUT2D eigenvalue weighted by molar-refractivity contribution is -0.143. The first-order valence-electron chi connectivity index (χ1n) is 41.1. The second-order valence-corrected chi connectivity index (χ2v) is 28.5. The Morgan fingerprint density at radius 1 is 0.303 bits per heavy atom. The van der Waals surface area contributed by atoms with E-state index >= 15 is 0 Å². The summed E-state index contributed by atoms with van der Waals surface area (Å²) in [4.78, 5) is 24.6. The van der Waals surface area contributed by atoms with Crippen LogP contribution in [0.3, 0.4) is 0 Å². The number of ether oxygens (including phenoxy) is 1. The van der Waals surface area contributed by atoms with E-state index in [9.17, 15) is 19.8 Å². The van der Waals surface area contributed by atoms with E-state index in [4.69, 9.17) is 4.74 Å². The number of unbranched alkanes of at least 4 members (excludes halogenated alkanes) is 65. The third-order valence-corrected chi connectivity index (χ3v) is 19.5. The number of hydrogen-bond donors (Lipinski definition) is 3. The molecule has 1 amide bonds. The zero-order valence-electron chi connectivity index (χ0n) is 60.7. The van der Waals surface area contributed by atoms with Crippen LogP contribution in [0.25, 0.3) is 0 Å². The van der Waals surface area contributed by atoms with Crippen LogP contribution in [0.15, 0.2) is 24.3 Å². The van der Waals surface area contributed by atoms with Gasteiger partial charge in [-0.15, -0.1) is 0 Å². The summed E-state index contributed by atoms with van der Waals surface area (Å²) in [7, 11) is 0. The van der Waals surface area contributed by atoms with E-state index in [1.165, 1.54) is 398 Å². The van der Waals surface area contributed by atoms with Gasteiger partial charge in [-0.25, -0.2) is 0 Å². The molecule has 0 saturated heterocycles. The summed E-state index contributed by atoms with van der Waals surface area (Å²) in [6.07, 6.45) is 102. The van der Waals surface area contributed by atoms with Gasteiger partial charge in [0.25, 0.3) is 0 Å². The van der Waals surface area contributed by atoms with Gasteiger partial charge >= 0.3 is 5.97 Å². The number of hydrogen-bond acceptors (Lipinski definition) is 5. The Kier molecular flexibility index (Phi) is 77.3. The molecule has 0 aromatic heterocycles. The quantitative estimate of drug-likeness (QED) is 0.0320. The Labute approximate surface area is 558 Å². The normalized spacial score (nSPS) is 12.5. The summed E-state index contributed by atoms with van der Waals surface area (Å²) in [5, 5.41) is 23.3. The van der Waals surface area contributed by atoms with E-state index in [0.717, 1.165) is 44.9 Å². The number of aliphatic hydroxyl groups excluding tert-OH is 2. The zero-order valence-corrected chi connectivity index (χ0v) is 60.7. The molecule has 528 valence electrons. The molecule has 0 fully saturated rings. The minimum absolute atomic E-state index is 0.0162. The maximum Gasteiger partial charge on any atom is 0.305 e. The van der Waals surface area contributed by atoms with Gasteiger partial charge in [0.1, 0.15) is 0 Å². The summed E-state index contributed by atoms with van der Waals surface area (Å²) >= 11 is 0. The average molecular weight is 1250 g/mol. The second-order valence-electron chi connectivity index (χ2n) is 28.5. The van der Waals surface area contributed by atoms with Crippen LogP contribution in [0.4, 0.5) is 0 Å². The zero-order chi connectivity index (χ0) is 64.2. The van der Waals surface area contributed by atoms with Gasteiger partial charge in [0.15, 0.2) is 0 Å². The molecule has 0 aliphatic heterocycles. The molecule has 0 aliphatic rings. The van der Waals surface area contributed by atoms with E-state index in [-0.39, 0.29) is 18.5 Å². The van der Waals surface area contributed by atoms with Gasteiger partial charge in [-0.05, 0) is 57.8 Å². The van der Waals surface area contributed by atoms with Crippen molar-refractivity contribution in [1.82, 2.24) is 5.32 Å². The van der Waals surface area contributed by atoms with Gasteiger partial charge in [-0.1, -0.05) is 423 Å². The molecule has 0 aromatic carbocycles. The fourth-order valence-electron chi connectivity index (χ4n) is 13.2. The smallest absolute Gasteiger partial charge is 0.305 e. The van der Waals surface area contributed by atoms with Crippen molar-refractivity contribution in [1.29, 1.82) is 0 Å². The monoisotopic (exact) mass is 1250 g/mol. The maximum atomic E-state index is 12.5. The first-order valence-corrected chi connectivity index (χ1v) is 41.1. The third-order valence-electron chi connectivity index (χ3n) is 19.5. The van der Waals surface area contributed by atoms with Gasteiger partial charge in [0.2, 0.25) is 5.91 Å². The van der Waals surface area contributed by atoms with Gasteiger partial charge in [-0.3, -0.25) is 9.59 Å². The van der Waals surface area contributed by atoms with Crippen molar-refractivity contribution in [3.05, 3.63) is 24.3 Å². The predicted octanol–water partition coefficient (Wildman–Crippen LogP) is 27.2. The van der Waals surface area contributed by atoms with Crippen LogP contribution in [0.1, 0.15) is 470 Å². The lowest BCUT2D eigenvalue weighted by atomic mass is 10.0. The van der Waals surface area contributed by atoms with Gasteiger partial charge in [0.05, 0.1) is 25.4 Å². The van der Waals surface area contributed by atoms with Crippen LogP contribution in [0, 0.1) is 0 Å². The summed E-state index contributed by atoms with van der Waals surface area (Å²) in [6.45, 7) is 4.94. The highest BCUT2D eigenvalue weighted by atomic mass is 16.5. The van der Waals surface area contributed by atoms with Crippen molar-refractivity contribution >= 4 is 11.9 Å². The first kappa shape index (κ1) is 87.3. The molecule has 0 spiro atoms. The second kappa shape index (κ2) is 78.8. The topological polar surface area (TPSA) is 95.9 Å². The SMILES string of the molecule is CCCCCCC/C=C\CCCCCCCC(=O)OCCCCCCCCCCCCCCCCCCCCCCCCCCCCCCCCCCCCCCCCCC(=O)NC(CO)C(O)/C=C/CCCCCCCCCCCCCCCCCCC. The molecule has 2 atom stereocenters. The molecule has 3 N–H and O–H groups in total. The van der Waals surface area contributed by atoms with E-state index in [1.54, 1.807) is 6.08 Å². The number of aliphatic hydroxyl groups is 2. The number of carbonyl (C=O) groups is 2. The fraction of sp³-hybridized carbons (Fsp3) is 0.928. The fourth-order valence-corrected chi connectivity index (χ4v) is 13.2. The number of esters is 1. The molecule has 89 heavy (non-hydrogen) atoms. The van der Waals surface area contributed by atoms with Crippen LogP contribution >= 0.6 is 0 Å². The van der Waals surface area contributed by atoms with E-state index in [2.05, 4.69) is 31.3 Å². The molecule has 0 aliphatic carbocycles. The minimum atomic E-state index is -0.841. The Bertz CT molecular complexity index is 1400. The van der Waals surface area contributed by atoms with Gasteiger partial charge < -0.3 is 20.3 Å². The number of nitrogens with one attached hydrogen (secondary N) is 1. The highest BCUT2D eigenvalue weighted by Crippen LogP contribution is 2.20. The molecule has 0 rings (SSSR count). The lowest BCUT2D eigenvalue weighted by Crippen LogP contribution is -2.45. The molecule has 0 bridgehead atoms. The highest BCUT2D eigenvalue weighted by Gasteiger charge is 2.18. The highest BCUT2D eigenvalue weighted by molar-refractivity contribution is 5.76. The molecule has 0 heterocycles. The Morgan fingerprint density at radius 2 is 0.528 bits per heavy atom. The summed E-state index contributed by atoms with van der Waals surface area (Å²) in [6, 6.07) is -0.623. The maximum absolute atomic E-state index is 12.5. The Hall–Kier alpha value is -1.66. The van der Waals surface area contributed by atoms with E-state index in [0.29, 0.717) is 19.4 Å². The standard InChI is InChI=1S/C83H161NO5/c1-3-5-7-9-11-13-15-17-19-20-42-45-48-51-55-59-63-67-71-75-81(86)80(79-85)84-82(87)76-72-68-64-60-56-52-49-46-43-40-38-36-34-32-30-28-26-24-22-21-23-25-27-29-31-33-35-37-39-41-44-47-50-54-58-62-66-70-74-78-89-83(88)77-73-69-65-61-57-53-18-16-14-12-10-8-6-4-2/h16,18,71,75,80-81,85-86H,3-15,17,19-70,72-74,76-79H2,1-2H3,(H,84,87)/b18-16-,75-71+. The Balaban J connectivity index is 3.31. The number of rotatable bonds is 78. The summed E-state index contributed by atoms with van der Waals surface area (Å²) in [5.74, 6) is -0.0411. The van der Waals surface area contributed by atoms with Crippen molar-refractivity contribution in [2.75, 3.05) is 13.2 Å². The number of amides is 1. The van der Waals surface area contributed by atoms with E-state index < -0.39 is 12.1 Å². The predicted molar refractivity (Wildman–Crippen MR) is 393 cm³/mol. The molecule has 0 aromatic rings. The van der Waals surface area contributed by atoms with Crippen molar-refractivity contribution in [2.45, 2.75) is 482 Å². The van der Waals surface area contributed by atoms with Gasteiger partial charge in [-0.2, -0.15) is 0 Å². The van der Waals surface area contributed by atoms with Crippen molar-refractivity contribution in [2.24, 2.45) is 0 Å². The number of allylic oxidation sites excluding steroid dienone is 3. The molecular weight excluding hydrogens is 1090 g/mol. The van der Waals surface area contributed by atoms with Crippen molar-refractivity contribution in [3.63, 3.8) is 0 Å². The summed E-state index contributed by atoms with van der Waals surface area (Å²) in [5.41, 5.74) is 0. The molecule has 6 nitrogen and oxygen atoms in total. The van der Waals surface area contributed by atoms with Crippen molar-refractivity contribution < 1.29 is 24.5 Å². The molecule has 2 unspecified atom stereocenters. The van der Waals surface area contributed by atoms with Crippen LogP contribution in [0.5, 0.6) is 0 Å². The van der Waals surface area contributed by atoms with Crippen molar-refractivity contribution in [3.8, 4) is 0 Å². The van der Waals surface area contributed by atoms with Crippen LogP contribution < -0.4 is 5.32 Å². The van der Waals surface area contributed by atoms with Crippen LogP contribution in [-0.2, 0) is 14.3 Å². The first-order chi connectivity index (χ1) is 44.0. The van der Waals surface area contributed by atoms with E-state index in [1.807, 2.05) is 6.08 Å². The average Bonchev–Trinajstić information content (AvgIpc) is 3.63. The summed E-state index contributed by atoms with van der Waals surface area (Å²) < 4.78 is 5.50. The number of carbonyl (C=O) groups excluding carboxylic acids is 2. The van der Waals surface area contributed by atoms with Crippen LogP contribution in [-0.4, -0.2) is 47.4 Å². The Morgan fingerprint density at radius 3 is 0.798 bits per heavy atom. The molecule has 0 radical (unpaired) electrons. The molecular formula is C83H161NO5. The van der Waals surface area contributed by atoms with Crippen LogP contribution in [0.2, 0.25) is 0 Å². The lowest BCUT2D eigenvalue weighted by Gasteiger charge is -2.20. The van der Waals surface area contributed by atoms with Gasteiger partial charge in [0, 0.05) is 12.8 Å². The molecule has 6 heteroatoms. The third kappa shape index (κ3) is 75.3. The largest absolute Gasteiger partial charge is 0.466 e. The minimum Gasteiger partial charge on any atom is -0.466 e. The molecule has 0 saturated carbocycles.